The highest BCUT2D eigenvalue weighted by molar-refractivity contribution is 4.99. The average Bonchev–Trinajstić information content (AvgIpc) is 2.85. The molecule has 1 aliphatic rings. The van der Waals surface area contributed by atoms with Crippen LogP contribution < -0.4 is 10.6 Å². The Morgan fingerprint density at radius 1 is 1.64 bits per heavy atom. The maximum absolute atomic E-state index is 5.15. The van der Waals surface area contributed by atoms with Crippen molar-refractivity contribution in [3.8, 4) is 0 Å². The summed E-state index contributed by atoms with van der Waals surface area (Å²) in [5.41, 5.74) is 0. The van der Waals surface area contributed by atoms with Gasteiger partial charge in [-0.05, 0) is 20.0 Å². The lowest BCUT2D eigenvalue weighted by atomic mass is 10.1. The van der Waals surface area contributed by atoms with E-state index in [4.69, 9.17) is 4.52 Å². The largest absolute Gasteiger partial charge is 0.339 e. The second kappa shape index (κ2) is 4.52. The minimum absolute atomic E-state index is 0.446. The summed E-state index contributed by atoms with van der Waals surface area (Å²) in [6.07, 6.45) is 1.93. The Bertz CT molecular complexity index is 280. The molecule has 5 nitrogen and oxygen atoms in total. The third-order valence-electron chi connectivity index (χ3n) is 2.50. The molecule has 0 aromatic carbocycles. The average molecular weight is 196 g/mol. The number of aromatic nitrogens is 2. The predicted molar refractivity (Wildman–Crippen MR) is 52.2 cm³/mol. The molecule has 5 heteroatoms. The molecular weight excluding hydrogens is 180 g/mol. The van der Waals surface area contributed by atoms with Gasteiger partial charge in [-0.25, -0.2) is 0 Å². The molecule has 2 heterocycles. The number of likely N-dealkylation sites (N-methyl/N-ethyl adjacent to an activating group) is 1. The van der Waals surface area contributed by atoms with Crippen LogP contribution in [0.4, 0.5) is 0 Å². The van der Waals surface area contributed by atoms with Gasteiger partial charge in [0.25, 0.3) is 0 Å². The number of hydrogen-bond acceptors (Lipinski definition) is 5. The molecule has 1 aliphatic heterocycles. The van der Waals surface area contributed by atoms with Crippen LogP contribution in [0, 0.1) is 0 Å². The minimum atomic E-state index is 0.446. The molecule has 0 radical (unpaired) electrons. The van der Waals surface area contributed by atoms with E-state index < -0.39 is 0 Å². The second-order valence-electron chi connectivity index (χ2n) is 3.59. The predicted octanol–water partition coefficient (Wildman–Crippen LogP) is -0.0916. The second-order valence-corrected chi connectivity index (χ2v) is 3.59. The zero-order valence-corrected chi connectivity index (χ0v) is 8.42. The fraction of sp³-hybridized carbons (Fsp3) is 0.778. The van der Waals surface area contributed by atoms with Crippen LogP contribution in [0.5, 0.6) is 0 Å². The van der Waals surface area contributed by atoms with Crippen molar-refractivity contribution in [3.05, 3.63) is 11.7 Å². The Kier molecular flexibility index (Phi) is 3.10. The Hall–Kier alpha value is -0.940. The molecule has 1 aromatic rings. The van der Waals surface area contributed by atoms with Crippen LogP contribution in [0.25, 0.3) is 0 Å². The van der Waals surface area contributed by atoms with Crippen LogP contribution in [-0.4, -0.2) is 36.8 Å². The first-order valence-electron chi connectivity index (χ1n) is 5.08. The summed E-state index contributed by atoms with van der Waals surface area (Å²) in [6, 6.07) is 0. The van der Waals surface area contributed by atoms with E-state index in [0.29, 0.717) is 5.92 Å². The number of rotatable bonds is 4. The third kappa shape index (κ3) is 2.10. The number of nitrogens with one attached hydrogen (secondary N) is 2. The molecule has 2 N–H and O–H groups in total. The first-order valence-corrected chi connectivity index (χ1v) is 5.08. The van der Waals surface area contributed by atoms with Gasteiger partial charge < -0.3 is 15.2 Å². The lowest BCUT2D eigenvalue weighted by molar-refractivity contribution is 0.369. The van der Waals surface area contributed by atoms with Crippen LogP contribution in [0.2, 0.25) is 0 Å². The van der Waals surface area contributed by atoms with Crippen molar-refractivity contribution in [1.82, 2.24) is 20.8 Å². The topological polar surface area (TPSA) is 63.0 Å². The van der Waals surface area contributed by atoms with E-state index in [2.05, 4.69) is 20.8 Å². The molecule has 1 saturated heterocycles. The smallest absolute Gasteiger partial charge is 0.227 e. The molecule has 2 rings (SSSR count). The summed E-state index contributed by atoms with van der Waals surface area (Å²) in [5.74, 6) is 2.05. The molecule has 1 fully saturated rings. The molecule has 0 spiro atoms. The summed E-state index contributed by atoms with van der Waals surface area (Å²) in [6.45, 7) is 2.92. The van der Waals surface area contributed by atoms with E-state index in [1.165, 1.54) is 0 Å². The summed E-state index contributed by atoms with van der Waals surface area (Å²) in [7, 11) is 1.91. The van der Waals surface area contributed by atoms with E-state index >= 15 is 0 Å². The zero-order chi connectivity index (χ0) is 9.80. The molecule has 0 bridgehead atoms. The highest BCUT2D eigenvalue weighted by Crippen LogP contribution is 2.18. The lowest BCUT2D eigenvalue weighted by Crippen LogP contribution is -2.11. The molecular formula is C9H16N4O. The molecule has 14 heavy (non-hydrogen) atoms. The molecule has 1 atom stereocenters. The van der Waals surface area contributed by atoms with Crippen molar-refractivity contribution in [2.75, 3.05) is 26.7 Å². The van der Waals surface area contributed by atoms with Crippen LogP contribution in [-0.2, 0) is 6.42 Å². The molecule has 0 amide bonds. The van der Waals surface area contributed by atoms with Gasteiger partial charge in [-0.2, -0.15) is 4.98 Å². The SMILES string of the molecule is CNCCc1nc(C2CCNC2)no1. The van der Waals surface area contributed by atoms with Crippen LogP contribution >= 0.6 is 0 Å². The van der Waals surface area contributed by atoms with E-state index in [1.54, 1.807) is 0 Å². The Balaban J connectivity index is 1.94. The zero-order valence-electron chi connectivity index (χ0n) is 8.42. The summed E-state index contributed by atoms with van der Waals surface area (Å²) >= 11 is 0. The molecule has 0 saturated carbocycles. The van der Waals surface area contributed by atoms with E-state index in [9.17, 15) is 0 Å². The van der Waals surface area contributed by atoms with Gasteiger partial charge >= 0.3 is 0 Å². The van der Waals surface area contributed by atoms with Gasteiger partial charge in [0.1, 0.15) is 0 Å². The van der Waals surface area contributed by atoms with E-state index in [0.717, 1.165) is 44.2 Å². The molecule has 1 unspecified atom stereocenters. The van der Waals surface area contributed by atoms with Crippen molar-refractivity contribution in [1.29, 1.82) is 0 Å². The summed E-state index contributed by atoms with van der Waals surface area (Å²) < 4.78 is 5.15. The maximum Gasteiger partial charge on any atom is 0.227 e. The first kappa shape index (κ1) is 9.61. The van der Waals surface area contributed by atoms with Gasteiger partial charge in [-0.15, -0.1) is 0 Å². The lowest BCUT2D eigenvalue weighted by Gasteiger charge is -1.98. The van der Waals surface area contributed by atoms with Gasteiger partial charge in [-0.3, -0.25) is 0 Å². The molecule has 78 valence electrons. The van der Waals surface area contributed by atoms with Crippen molar-refractivity contribution in [3.63, 3.8) is 0 Å². The monoisotopic (exact) mass is 196 g/mol. The maximum atomic E-state index is 5.15. The molecule has 0 aliphatic carbocycles. The Morgan fingerprint density at radius 2 is 2.57 bits per heavy atom. The van der Waals surface area contributed by atoms with Gasteiger partial charge in [0.15, 0.2) is 5.82 Å². The van der Waals surface area contributed by atoms with E-state index in [-0.39, 0.29) is 0 Å². The Labute approximate surface area is 83.3 Å². The first-order chi connectivity index (χ1) is 6.90. The van der Waals surface area contributed by atoms with Crippen molar-refractivity contribution < 1.29 is 4.52 Å². The van der Waals surface area contributed by atoms with Crippen molar-refractivity contribution in [2.45, 2.75) is 18.8 Å². The summed E-state index contributed by atoms with van der Waals surface area (Å²) in [5, 5.41) is 10.3. The van der Waals surface area contributed by atoms with E-state index in [1.807, 2.05) is 7.05 Å². The third-order valence-corrected chi connectivity index (χ3v) is 2.50. The van der Waals surface area contributed by atoms with Crippen LogP contribution in [0.1, 0.15) is 24.1 Å². The molecule has 1 aromatic heterocycles. The minimum Gasteiger partial charge on any atom is -0.339 e. The van der Waals surface area contributed by atoms with Crippen molar-refractivity contribution in [2.24, 2.45) is 0 Å². The number of hydrogen-bond donors (Lipinski definition) is 2. The van der Waals surface area contributed by atoms with Gasteiger partial charge in [0, 0.05) is 25.4 Å². The quantitative estimate of drug-likeness (QED) is 0.704. The fourth-order valence-electron chi connectivity index (χ4n) is 1.64. The highest BCUT2D eigenvalue weighted by Gasteiger charge is 2.21. The standard InChI is InChI=1S/C9H16N4O/c1-10-4-3-8-12-9(13-14-8)7-2-5-11-6-7/h7,10-11H,2-6H2,1H3. The fourth-order valence-corrected chi connectivity index (χ4v) is 1.64. The van der Waals surface area contributed by atoms with Gasteiger partial charge in [-0.1, -0.05) is 5.16 Å². The normalized spacial score (nSPS) is 21.6. The van der Waals surface area contributed by atoms with Crippen LogP contribution in [0.3, 0.4) is 0 Å². The Morgan fingerprint density at radius 3 is 3.29 bits per heavy atom. The van der Waals surface area contributed by atoms with Crippen LogP contribution in [0.15, 0.2) is 4.52 Å². The van der Waals surface area contributed by atoms with Crippen molar-refractivity contribution >= 4 is 0 Å². The highest BCUT2D eigenvalue weighted by atomic mass is 16.5. The van der Waals surface area contributed by atoms with Gasteiger partial charge in [0.2, 0.25) is 5.89 Å². The number of nitrogens with zero attached hydrogens (tertiary/aromatic N) is 2. The summed E-state index contributed by atoms with van der Waals surface area (Å²) in [4.78, 5) is 4.37. The van der Waals surface area contributed by atoms with Gasteiger partial charge in [0.05, 0.1) is 0 Å².